The molecule has 3 N–H and O–H groups in total. The number of benzene rings is 1. The first-order valence-corrected chi connectivity index (χ1v) is 10.1. The summed E-state index contributed by atoms with van der Waals surface area (Å²) in [6, 6.07) is 4.28. The van der Waals surface area contributed by atoms with Gasteiger partial charge in [-0.2, -0.15) is 0 Å². The number of aliphatic carboxylic acids is 1. The number of carbonyl (C=O) groups is 3. The van der Waals surface area contributed by atoms with Gasteiger partial charge in [0, 0.05) is 31.9 Å². The van der Waals surface area contributed by atoms with E-state index in [2.05, 4.69) is 5.32 Å². The van der Waals surface area contributed by atoms with Crippen molar-refractivity contribution >= 4 is 29.4 Å². The number of fused-ring (bicyclic) bond motifs is 2. The lowest BCUT2D eigenvalue weighted by Crippen LogP contribution is -2.60. The number of carboxylic acids is 1. The van der Waals surface area contributed by atoms with E-state index in [1.54, 1.807) is 0 Å². The van der Waals surface area contributed by atoms with E-state index in [4.69, 9.17) is 11.6 Å². The molecule has 0 unspecified atom stereocenters. The monoisotopic (exact) mass is 463 g/mol. The molecule has 2 aromatic rings. The topological polar surface area (TPSA) is 129 Å². The van der Waals surface area contributed by atoms with Crippen LogP contribution in [0.1, 0.15) is 39.3 Å². The zero-order valence-corrected chi connectivity index (χ0v) is 17.6. The molecule has 1 aliphatic carbocycles. The molecule has 11 heteroatoms. The molecule has 1 aliphatic heterocycles. The van der Waals surface area contributed by atoms with Gasteiger partial charge < -0.3 is 25.0 Å². The molecular formula is C21H19ClFN3O6. The molecule has 168 valence electrons. The molecule has 2 aliphatic rings. The Morgan fingerprint density at radius 1 is 1.31 bits per heavy atom. The van der Waals surface area contributed by atoms with E-state index in [0.717, 1.165) is 0 Å². The van der Waals surface area contributed by atoms with Gasteiger partial charge in [-0.25, -0.2) is 4.39 Å². The Labute approximate surface area is 186 Å². The third-order valence-corrected chi connectivity index (χ3v) is 6.38. The highest BCUT2D eigenvalue weighted by Crippen LogP contribution is 2.48. The molecule has 0 atom stereocenters. The van der Waals surface area contributed by atoms with Crippen molar-refractivity contribution in [2.24, 2.45) is 5.92 Å². The molecule has 1 aromatic heterocycles. The molecule has 1 fully saturated rings. The van der Waals surface area contributed by atoms with E-state index in [1.807, 2.05) is 0 Å². The average molecular weight is 464 g/mol. The number of aromatic nitrogens is 1. The second-order valence-electron chi connectivity index (χ2n) is 8.16. The minimum Gasteiger partial charge on any atom is -0.503 e. The van der Waals surface area contributed by atoms with Gasteiger partial charge in [0.05, 0.1) is 16.5 Å². The van der Waals surface area contributed by atoms with Crippen LogP contribution in [-0.4, -0.2) is 51.1 Å². The number of rotatable bonds is 4. The third kappa shape index (κ3) is 3.31. The number of amides is 2. The Hall–Kier alpha value is -3.40. The van der Waals surface area contributed by atoms with Gasteiger partial charge in [0.1, 0.15) is 11.4 Å². The minimum atomic E-state index is -1.05. The summed E-state index contributed by atoms with van der Waals surface area (Å²) in [6.45, 7) is -0.0964. The summed E-state index contributed by atoms with van der Waals surface area (Å²) in [5.74, 6) is -4.72. The Morgan fingerprint density at radius 3 is 2.66 bits per heavy atom. The number of hydrogen-bond donors (Lipinski definition) is 3. The molecule has 2 amide bonds. The van der Waals surface area contributed by atoms with Crippen LogP contribution in [0.15, 0.2) is 29.2 Å². The van der Waals surface area contributed by atoms with Crippen LogP contribution < -0.4 is 10.7 Å². The predicted octanol–water partition coefficient (Wildman–Crippen LogP) is 1.55. The average Bonchev–Trinajstić information content (AvgIpc) is 2.71. The van der Waals surface area contributed by atoms with E-state index in [-0.39, 0.29) is 42.2 Å². The van der Waals surface area contributed by atoms with Crippen LogP contribution in [-0.2, 0) is 16.9 Å². The molecule has 1 spiro atoms. The molecule has 9 nitrogen and oxygen atoms in total. The van der Waals surface area contributed by atoms with Crippen LogP contribution in [0.4, 0.5) is 4.39 Å². The number of nitrogens with zero attached hydrogens (tertiary/aromatic N) is 2. The molecule has 0 radical (unpaired) electrons. The van der Waals surface area contributed by atoms with Crippen molar-refractivity contribution in [3.8, 4) is 5.75 Å². The number of halogens is 2. The lowest BCUT2D eigenvalue weighted by molar-refractivity contribution is -0.150. The van der Waals surface area contributed by atoms with Crippen molar-refractivity contribution in [2.75, 3.05) is 13.6 Å². The fourth-order valence-electron chi connectivity index (χ4n) is 4.43. The summed E-state index contributed by atoms with van der Waals surface area (Å²) >= 11 is 5.73. The van der Waals surface area contributed by atoms with Gasteiger partial charge in [0.15, 0.2) is 11.4 Å². The number of carbonyl (C=O) groups excluding carboxylic acids is 2. The summed E-state index contributed by atoms with van der Waals surface area (Å²) in [4.78, 5) is 50.7. The van der Waals surface area contributed by atoms with Gasteiger partial charge in [0.25, 0.3) is 11.8 Å². The van der Waals surface area contributed by atoms with E-state index in [9.17, 15) is 33.8 Å². The normalized spacial score (nSPS) is 21.8. The smallest absolute Gasteiger partial charge is 0.306 e. The Kier molecular flexibility index (Phi) is 5.20. The summed E-state index contributed by atoms with van der Waals surface area (Å²) in [5.41, 5.74) is -2.53. The van der Waals surface area contributed by atoms with E-state index in [0.29, 0.717) is 0 Å². The van der Waals surface area contributed by atoms with Crippen LogP contribution >= 0.6 is 11.6 Å². The lowest BCUT2D eigenvalue weighted by Gasteiger charge is -2.52. The summed E-state index contributed by atoms with van der Waals surface area (Å²) in [6.07, 6.45) is 1.51. The van der Waals surface area contributed by atoms with Gasteiger partial charge in [-0.3, -0.25) is 19.2 Å². The van der Waals surface area contributed by atoms with Gasteiger partial charge in [-0.1, -0.05) is 23.7 Å². The standard InChI is InChI=1S/C21H19ClFN3O6/c1-25-9-21(5-11(6-21)20(31)32)26-8-12(16(27)17(28)15(26)19(25)30)18(29)24-7-10-3-2-4-13(22)14(10)23/h2-4,8,11,28H,5-7,9H2,1H3,(H,24,29)(H,31,32)/t11-,21+. The van der Waals surface area contributed by atoms with Crippen LogP contribution in [0.5, 0.6) is 5.75 Å². The van der Waals surface area contributed by atoms with Gasteiger partial charge in [0.2, 0.25) is 5.43 Å². The van der Waals surface area contributed by atoms with Gasteiger partial charge >= 0.3 is 5.97 Å². The van der Waals surface area contributed by atoms with Crippen LogP contribution in [0.2, 0.25) is 5.02 Å². The summed E-state index contributed by atoms with van der Waals surface area (Å²) in [5, 5.41) is 22.1. The molecular weight excluding hydrogens is 445 g/mol. The van der Waals surface area contributed by atoms with E-state index < -0.39 is 51.8 Å². The highest BCUT2D eigenvalue weighted by atomic mass is 35.5. The van der Waals surface area contributed by atoms with Crippen molar-refractivity contribution in [2.45, 2.75) is 24.9 Å². The molecule has 0 saturated heterocycles. The zero-order chi connectivity index (χ0) is 23.4. The number of pyridine rings is 1. The van der Waals surface area contributed by atoms with Gasteiger partial charge in [-0.05, 0) is 18.9 Å². The first-order valence-electron chi connectivity index (χ1n) is 9.74. The molecule has 4 rings (SSSR count). The fraction of sp³-hybridized carbons (Fsp3) is 0.333. The maximum atomic E-state index is 14.1. The van der Waals surface area contributed by atoms with E-state index >= 15 is 0 Å². The second kappa shape index (κ2) is 7.63. The Balaban J connectivity index is 1.71. The first-order chi connectivity index (χ1) is 15.1. The number of hydrogen-bond acceptors (Lipinski definition) is 5. The maximum Gasteiger partial charge on any atom is 0.306 e. The van der Waals surface area contributed by atoms with Crippen molar-refractivity contribution in [1.82, 2.24) is 14.8 Å². The number of nitrogens with one attached hydrogen (secondary N) is 1. The number of likely N-dealkylation sites (N-methyl/N-ethyl adjacent to an activating group) is 1. The van der Waals surface area contributed by atoms with Crippen molar-refractivity contribution < 1.29 is 29.0 Å². The van der Waals surface area contributed by atoms with Crippen molar-refractivity contribution in [3.05, 3.63) is 62.3 Å². The lowest BCUT2D eigenvalue weighted by atomic mass is 9.66. The maximum absolute atomic E-state index is 14.1. The number of carboxylic acid groups (broad SMARTS) is 1. The Bertz CT molecular complexity index is 1220. The molecule has 0 bridgehead atoms. The zero-order valence-electron chi connectivity index (χ0n) is 16.9. The predicted molar refractivity (Wildman–Crippen MR) is 110 cm³/mol. The van der Waals surface area contributed by atoms with E-state index in [1.165, 1.54) is 40.9 Å². The van der Waals surface area contributed by atoms with Gasteiger partial charge in [-0.15, -0.1) is 0 Å². The SMILES string of the molecule is CN1C[C@]2(C[C@H](C(=O)O)C2)n2cc(C(=O)NCc3cccc(Cl)c3F)c(=O)c(O)c2C1=O. The first kappa shape index (κ1) is 21.8. The molecule has 1 aromatic carbocycles. The molecule has 1 saturated carbocycles. The van der Waals surface area contributed by atoms with Crippen LogP contribution in [0, 0.1) is 11.7 Å². The molecule has 2 heterocycles. The largest absolute Gasteiger partial charge is 0.503 e. The highest BCUT2D eigenvalue weighted by molar-refractivity contribution is 6.30. The number of aromatic hydroxyl groups is 1. The quantitative estimate of drug-likeness (QED) is 0.631. The molecule has 32 heavy (non-hydrogen) atoms. The minimum absolute atomic E-state index is 0.102. The van der Waals surface area contributed by atoms with Crippen LogP contribution in [0.3, 0.4) is 0 Å². The second-order valence-corrected chi connectivity index (χ2v) is 8.57. The summed E-state index contributed by atoms with van der Waals surface area (Å²) in [7, 11) is 1.49. The van der Waals surface area contributed by atoms with Crippen molar-refractivity contribution in [1.29, 1.82) is 0 Å². The van der Waals surface area contributed by atoms with Crippen molar-refractivity contribution in [3.63, 3.8) is 0 Å². The highest BCUT2D eigenvalue weighted by Gasteiger charge is 2.54. The Morgan fingerprint density at radius 2 is 2.00 bits per heavy atom. The third-order valence-electron chi connectivity index (χ3n) is 6.09. The summed E-state index contributed by atoms with van der Waals surface area (Å²) < 4.78 is 15.4. The van der Waals surface area contributed by atoms with Crippen LogP contribution in [0.25, 0.3) is 0 Å². The fourth-order valence-corrected chi connectivity index (χ4v) is 4.62.